The van der Waals surface area contributed by atoms with Crippen molar-refractivity contribution in [3.63, 3.8) is 0 Å². The molecular formula is C15H14FN3O3S. The van der Waals surface area contributed by atoms with E-state index in [0.717, 1.165) is 17.6 Å². The Morgan fingerprint density at radius 1 is 1.26 bits per heavy atom. The standard InChI is InChI=1S/C15H14FN3O3S/c1-22-14-6-5-11(16)8-15(14)23(20,21)17-10-12-9-13-4-2-3-7-19(13)18-12/h2-9,17H,10H2,1H3. The lowest BCUT2D eigenvalue weighted by atomic mass is 10.3. The number of nitrogens with zero attached hydrogens (tertiary/aromatic N) is 2. The monoisotopic (exact) mass is 335 g/mol. The van der Waals surface area contributed by atoms with Crippen molar-refractivity contribution in [2.24, 2.45) is 0 Å². The van der Waals surface area contributed by atoms with Crippen LogP contribution in [-0.4, -0.2) is 25.1 Å². The molecule has 0 amide bonds. The number of hydrogen-bond acceptors (Lipinski definition) is 4. The highest BCUT2D eigenvalue weighted by Crippen LogP contribution is 2.24. The zero-order valence-corrected chi connectivity index (χ0v) is 13.0. The molecular weight excluding hydrogens is 321 g/mol. The van der Waals surface area contributed by atoms with Gasteiger partial charge in [0.15, 0.2) is 0 Å². The topological polar surface area (TPSA) is 72.7 Å². The van der Waals surface area contributed by atoms with Crippen LogP contribution in [0.15, 0.2) is 53.6 Å². The fraction of sp³-hybridized carbons (Fsp3) is 0.133. The van der Waals surface area contributed by atoms with Crippen molar-refractivity contribution in [2.45, 2.75) is 11.4 Å². The van der Waals surface area contributed by atoms with Crippen LogP contribution in [0, 0.1) is 5.82 Å². The first kappa shape index (κ1) is 15.4. The number of benzene rings is 1. The third-order valence-electron chi connectivity index (χ3n) is 3.28. The number of pyridine rings is 1. The minimum atomic E-state index is -3.93. The van der Waals surface area contributed by atoms with E-state index in [-0.39, 0.29) is 17.2 Å². The first-order chi connectivity index (χ1) is 11.0. The van der Waals surface area contributed by atoms with Crippen molar-refractivity contribution >= 4 is 15.5 Å². The summed E-state index contributed by atoms with van der Waals surface area (Å²) in [4.78, 5) is -0.247. The first-order valence-electron chi connectivity index (χ1n) is 6.76. The molecule has 0 spiro atoms. The number of sulfonamides is 1. The number of fused-ring (bicyclic) bond motifs is 1. The minimum absolute atomic E-state index is 0.0102. The van der Waals surface area contributed by atoms with Crippen LogP contribution in [0.1, 0.15) is 5.69 Å². The van der Waals surface area contributed by atoms with E-state index in [0.29, 0.717) is 5.69 Å². The molecule has 0 atom stereocenters. The van der Waals surface area contributed by atoms with Gasteiger partial charge in [0.05, 0.1) is 24.9 Å². The van der Waals surface area contributed by atoms with Crippen LogP contribution in [0.3, 0.4) is 0 Å². The zero-order chi connectivity index (χ0) is 16.4. The summed E-state index contributed by atoms with van der Waals surface area (Å²) in [6.45, 7) is -0.0102. The summed E-state index contributed by atoms with van der Waals surface area (Å²) < 4.78 is 47.1. The van der Waals surface area contributed by atoms with Crippen molar-refractivity contribution in [3.8, 4) is 5.75 Å². The Hall–Kier alpha value is -2.45. The van der Waals surface area contributed by atoms with Gasteiger partial charge >= 0.3 is 0 Å². The van der Waals surface area contributed by atoms with Gasteiger partial charge < -0.3 is 4.74 Å². The van der Waals surface area contributed by atoms with Gasteiger partial charge in [-0.15, -0.1) is 0 Å². The number of hydrogen-bond donors (Lipinski definition) is 1. The van der Waals surface area contributed by atoms with Gasteiger partial charge in [0.25, 0.3) is 0 Å². The van der Waals surface area contributed by atoms with E-state index in [1.165, 1.54) is 13.2 Å². The van der Waals surface area contributed by atoms with E-state index < -0.39 is 15.8 Å². The molecule has 6 nitrogen and oxygen atoms in total. The van der Waals surface area contributed by atoms with Crippen LogP contribution in [-0.2, 0) is 16.6 Å². The van der Waals surface area contributed by atoms with Gasteiger partial charge in [-0.05, 0) is 36.4 Å². The molecule has 1 N–H and O–H groups in total. The van der Waals surface area contributed by atoms with Crippen LogP contribution < -0.4 is 9.46 Å². The average molecular weight is 335 g/mol. The van der Waals surface area contributed by atoms with Gasteiger partial charge in [0.2, 0.25) is 10.0 Å². The molecule has 0 saturated heterocycles. The summed E-state index contributed by atoms with van der Waals surface area (Å²) in [6, 6.07) is 10.7. The molecule has 120 valence electrons. The van der Waals surface area contributed by atoms with E-state index in [2.05, 4.69) is 9.82 Å². The predicted molar refractivity (Wildman–Crippen MR) is 82.2 cm³/mol. The number of halogens is 1. The van der Waals surface area contributed by atoms with Crippen molar-refractivity contribution in [3.05, 3.63) is 60.2 Å². The van der Waals surface area contributed by atoms with Crippen LogP contribution in [0.5, 0.6) is 5.75 Å². The second kappa shape index (κ2) is 5.98. The smallest absolute Gasteiger partial charge is 0.244 e. The maximum atomic E-state index is 13.4. The second-order valence-corrected chi connectivity index (χ2v) is 6.56. The third kappa shape index (κ3) is 3.17. The molecule has 23 heavy (non-hydrogen) atoms. The highest BCUT2D eigenvalue weighted by Gasteiger charge is 2.20. The third-order valence-corrected chi connectivity index (χ3v) is 4.70. The largest absolute Gasteiger partial charge is 0.495 e. The molecule has 0 aliphatic carbocycles. The number of aromatic nitrogens is 2. The molecule has 0 unspecified atom stereocenters. The van der Waals surface area contributed by atoms with E-state index in [4.69, 9.17) is 4.74 Å². The maximum absolute atomic E-state index is 13.4. The fourth-order valence-electron chi connectivity index (χ4n) is 2.18. The molecule has 2 aromatic heterocycles. The molecule has 2 heterocycles. The van der Waals surface area contributed by atoms with Crippen molar-refractivity contribution in [2.75, 3.05) is 7.11 Å². The Balaban J connectivity index is 1.85. The lowest BCUT2D eigenvalue weighted by Crippen LogP contribution is -2.24. The Morgan fingerprint density at radius 2 is 2.09 bits per heavy atom. The predicted octanol–water partition coefficient (Wildman–Crippen LogP) is 1.96. The summed E-state index contributed by atoms with van der Waals surface area (Å²) in [5.41, 5.74) is 1.40. The molecule has 0 aliphatic rings. The Labute approximate surface area is 132 Å². The van der Waals surface area contributed by atoms with E-state index >= 15 is 0 Å². The number of methoxy groups -OCH3 is 1. The molecule has 3 aromatic rings. The Morgan fingerprint density at radius 3 is 2.83 bits per heavy atom. The van der Waals surface area contributed by atoms with Gasteiger partial charge in [0, 0.05) is 6.20 Å². The first-order valence-corrected chi connectivity index (χ1v) is 8.24. The second-order valence-electron chi connectivity index (χ2n) is 4.83. The van der Waals surface area contributed by atoms with E-state index in [1.54, 1.807) is 16.8 Å². The molecule has 8 heteroatoms. The molecule has 0 bridgehead atoms. The van der Waals surface area contributed by atoms with Gasteiger partial charge in [-0.3, -0.25) is 0 Å². The molecule has 0 aliphatic heterocycles. The van der Waals surface area contributed by atoms with E-state index in [1.807, 2.05) is 18.2 Å². The number of ether oxygens (including phenoxy) is 1. The van der Waals surface area contributed by atoms with Gasteiger partial charge in [-0.1, -0.05) is 6.07 Å². The van der Waals surface area contributed by atoms with E-state index in [9.17, 15) is 12.8 Å². The summed E-state index contributed by atoms with van der Waals surface area (Å²) in [5, 5.41) is 4.25. The lowest BCUT2D eigenvalue weighted by Gasteiger charge is -2.10. The number of nitrogens with one attached hydrogen (secondary N) is 1. The summed E-state index contributed by atoms with van der Waals surface area (Å²) in [6.07, 6.45) is 1.77. The highest BCUT2D eigenvalue weighted by molar-refractivity contribution is 7.89. The molecule has 3 rings (SSSR count). The van der Waals surface area contributed by atoms with Gasteiger partial charge in [-0.2, -0.15) is 5.10 Å². The van der Waals surface area contributed by atoms with Crippen LogP contribution in [0.4, 0.5) is 4.39 Å². The zero-order valence-electron chi connectivity index (χ0n) is 12.2. The Kier molecular flexibility index (Phi) is 4.01. The SMILES string of the molecule is COc1ccc(F)cc1S(=O)(=O)NCc1cc2ccccn2n1. The molecule has 1 aromatic carbocycles. The quantitative estimate of drug-likeness (QED) is 0.774. The summed E-state index contributed by atoms with van der Waals surface area (Å²) in [7, 11) is -2.60. The summed E-state index contributed by atoms with van der Waals surface area (Å²) >= 11 is 0. The van der Waals surface area contributed by atoms with Crippen LogP contribution >= 0.6 is 0 Å². The number of rotatable bonds is 5. The molecule has 0 saturated carbocycles. The van der Waals surface area contributed by atoms with Gasteiger partial charge in [0.1, 0.15) is 16.5 Å². The highest BCUT2D eigenvalue weighted by atomic mass is 32.2. The molecule has 0 fully saturated rings. The minimum Gasteiger partial charge on any atom is -0.495 e. The average Bonchev–Trinajstić information content (AvgIpc) is 2.96. The van der Waals surface area contributed by atoms with Crippen molar-refractivity contribution < 1.29 is 17.5 Å². The summed E-state index contributed by atoms with van der Waals surface area (Å²) in [5.74, 6) is -0.576. The normalized spacial score (nSPS) is 11.7. The Bertz CT molecular complexity index is 921. The molecule has 0 radical (unpaired) electrons. The van der Waals surface area contributed by atoms with Crippen molar-refractivity contribution in [1.82, 2.24) is 14.3 Å². The van der Waals surface area contributed by atoms with Gasteiger partial charge in [-0.25, -0.2) is 22.0 Å². The van der Waals surface area contributed by atoms with Crippen molar-refractivity contribution in [1.29, 1.82) is 0 Å². The maximum Gasteiger partial charge on any atom is 0.244 e. The van der Waals surface area contributed by atoms with Crippen LogP contribution in [0.25, 0.3) is 5.52 Å². The fourth-order valence-corrected chi connectivity index (χ4v) is 3.36. The van der Waals surface area contributed by atoms with Crippen LogP contribution in [0.2, 0.25) is 0 Å². The lowest BCUT2D eigenvalue weighted by molar-refractivity contribution is 0.400.